The fraction of sp³-hybridized carbons (Fsp3) is 0.636. The quantitative estimate of drug-likeness (QED) is 0.799. The molecule has 0 radical (unpaired) electrons. The van der Waals surface area contributed by atoms with E-state index in [1.54, 1.807) is 6.07 Å². The Kier molecular flexibility index (Phi) is 3.86. The van der Waals surface area contributed by atoms with Crippen molar-refractivity contribution in [1.82, 2.24) is 9.97 Å². The van der Waals surface area contributed by atoms with Crippen molar-refractivity contribution in [1.29, 1.82) is 0 Å². The molecule has 0 bridgehead atoms. The molecule has 78 valence electrons. The van der Waals surface area contributed by atoms with Gasteiger partial charge in [-0.15, -0.1) is 0 Å². The van der Waals surface area contributed by atoms with Crippen molar-refractivity contribution in [2.45, 2.75) is 46.0 Å². The van der Waals surface area contributed by atoms with Gasteiger partial charge in [0, 0.05) is 17.7 Å². The fourth-order valence-electron chi connectivity index (χ4n) is 1.34. The van der Waals surface area contributed by atoms with E-state index in [1.165, 1.54) is 0 Å². The number of hydrogen-bond donors (Lipinski definition) is 1. The molecule has 0 spiro atoms. The molecule has 1 N–H and O–H groups in total. The van der Waals surface area contributed by atoms with Gasteiger partial charge in [-0.1, -0.05) is 27.2 Å². The van der Waals surface area contributed by atoms with Crippen LogP contribution in [0.5, 0.6) is 0 Å². The molecule has 1 heterocycles. The summed E-state index contributed by atoms with van der Waals surface area (Å²) in [5.74, 6) is 1.16. The number of aromatic nitrogens is 2. The lowest BCUT2D eigenvalue weighted by Crippen LogP contribution is -2.14. The van der Waals surface area contributed by atoms with Crippen molar-refractivity contribution in [2.75, 3.05) is 0 Å². The summed E-state index contributed by atoms with van der Waals surface area (Å²) in [4.78, 5) is 18.5. The first-order valence-corrected chi connectivity index (χ1v) is 5.27. The minimum Gasteiger partial charge on any atom is -0.310 e. The fourth-order valence-corrected chi connectivity index (χ4v) is 1.34. The van der Waals surface area contributed by atoms with Crippen LogP contribution >= 0.6 is 0 Å². The lowest BCUT2D eigenvalue weighted by molar-refractivity contribution is 0.663. The van der Waals surface area contributed by atoms with Crippen LogP contribution in [0, 0.1) is 0 Å². The molecule has 0 fully saturated rings. The second kappa shape index (κ2) is 4.94. The lowest BCUT2D eigenvalue weighted by Gasteiger charge is -2.08. The standard InChI is InChI=1S/C11H18N2O/c1-4-6-9-7-10(14)13-11(12-9)8(3)5-2/h7-8H,4-6H2,1-3H3,(H,12,13,14). The first kappa shape index (κ1) is 11.0. The first-order chi connectivity index (χ1) is 6.67. The molecule has 0 amide bonds. The lowest BCUT2D eigenvalue weighted by atomic mass is 10.1. The van der Waals surface area contributed by atoms with Crippen molar-refractivity contribution in [3.63, 3.8) is 0 Å². The summed E-state index contributed by atoms with van der Waals surface area (Å²) in [6, 6.07) is 1.59. The summed E-state index contributed by atoms with van der Waals surface area (Å²) < 4.78 is 0. The summed E-state index contributed by atoms with van der Waals surface area (Å²) in [5.41, 5.74) is 0.880. The molecule has 1 aromatic heterocycles. The second-order valence-corrected chi connectivity index (χ2v) is 3.68. The number of rotatable bonds is 4. The molecule has 3 nitrogen and oxygen atoms in total. The normalized spacial score (nSPS) is 12.8. The van der Waals surface area contributed by atoms with Crippen LogP contribution in [0.1, 0.15) is 51.0 Å². The SMILES string of the molecule is CCCc1cc(=O)[nH]c(C(C)CC)n1. The van der Waals surface area contributed by atoms with Gasteiger partial charge in [0.15, 0.2) is 0 Å². The molecule has 14 heavy (non-hydrogen) atoms. The van der Waals surface area contributed by atoms with Crippen LogP contribution in [-0.2, 0) is 6.42 Å². The average Bonchev–Trinajstić information content (AvgIpc) is 2.16. The van der Waals surface area contributed by atoms with E-state index in [2.05, 4.69) is 30.7 Å². The largest absolute Gasteiger partial charge is 0.310 e. The van der Waals surface area contributed by atoms with E-state index in [-0.39, 0.29) is 5.56 Å². The molecule has 0 aliphatic carbocycles. The summed E-state index contributed by atoms with van der Waals surface area (Å²) in [6.45, 7) is 6.26. The highest BCUT2D eigenvalue weighted by atomic mass is 16.1. The Hall–Kier alpha value is -1.12. The zero-order chi connectivity index (χ0) is 10.6. The highest BCUT2D eigenvalue weighted by molar-refractivity contribution is 5.05. The zero-order valence-electron chi connectivity index (χ0n) is 9.13. The predicted molar refractivity (Wildman–Crippen MR) is 57.6 cm³/mol. The van der Waals surface area contributed by atoms with E-state index in [1.807, 2.05) is 0 Å². The van der Waals surface area contributed by atoms with Gasteiger partial charge in [-0.05, 0) is 12.8 Å². The Labute approximate surface area is 84.6 Å². The van der Waals surface area contributed by atoms with Crippen LogP contribution in [0.4, 0.5) is 0 Å². The predicted octanol–water partition coefficient (Wildman–Crippen LogP) is 2.24. The maximum atomic E-state index is 11.3. The number of nitrogens with zero attached hydrogens (tertiary/aromatic N) is 1. The van der Waals surface area contributed by atoms with E-state index in [0.717, 1.165) is 30.8 Å². The van der Waals surface area contributed by atoms with Crippen molar-refractivity contribution >= 4 is 0 Å². The first-order valence-electron chi connectivity index (χ1n) is 5.27. The summed E-state index contributed by atoms with van der Waals surface area (Å²) in [7, 11) is 0. The van der Waals surface area contributed by atoms with E-state index >= 15 is 0 Å². The van der Waals surface area contributed by atoms with Gasteiger partial charge in [-0.2, -0.15) is 0 Å². The van der Waals surface area contributed by atoms with Crippen molar-refractivity contribution in [2.24, 2.45) is 0 Å². The van der Waals surface area contributed by atoms with Crippen molar-refractivity contribution < 1.29 is 0 Å². The maximum Gasteiger partial charge on any atom is 0.251 e. The average molecular weight is 194 g/mol. The number of H-pyrrole nitrogens is 1. The summed E-state index contributed by atoms with van der Waals surface area (Å²) >= 11 is 0. The highest BCUT2D eigenvalue weighted by Gasteiger charge is 2.07. The number of hydrogen-bond acceptors (Lipinski definition) is 2. The molecule has 0 aliphatic rings. The third kappa shape index (κ3) is 2.69. The van der Waals surface area contributed by atoms with Crippen LogP contribution in [0.15, 0.2) is 10.9 Å². The van der Waals surface area contributed by atoms with Gasteiger partial charge >= 0.3 is 0 Å². The van der Waals surface area contributed by atoms with Gasteiger partial charge in [-0.25, -0.2) is 4.98 Å². The second-order valence-electron chi connectivity index (χ2n) is 3.68. The van der Waals surface area contributed by atoms with E-state index in [4.69, 9.17) is 0 Å². The molecule has 1 rings (SSSR count). The van der Waals surface area contributed by atoms with E-state index < -0.39 is 0 Å². The molecule has 1 atom stereocenters. The van der Waals surface area contributed by atoms with Crippen molar-refractivity contribution in [3.8, 4) is 0 Å². The van der Waals surface area contributed by atoms with Crippen LogP contribution in [0.25, 0.3) is 0 Å². The Bertz CT molecular complexity index is 343. The highest BCUT2D eigenvalue weighted by Crippen LogP contribution is 2.12. The Balaban J connectivity index is 3.00. The molecule has 0 aromatic carbocycles. The molecular weight excluding hydrogens is 176 g/mol. The van der Waals surface area contributed by atoms with Crippen LogP contribution in [0.2, 0.25) is 0 Å². The molecular formula is C11H18N2O. The van der Waals surface area contributed by atoms with Gasteiger partial charge in [0.1, 0.15) is 5.82 Å². The minimum absolute atomic E-state index is 0.0289. The number of nitrogens with one attached hydrogen (secondary N) is 1. The van der Waals surface area contributed by atoms with Gasteiger partial charge in [0.25, 0.3) is 5.56 Å². The molecule has 0 saturated heterocycles. The molecule has 3 heteroatoms. The van der Waals surface area contributed by atoms with Crippen LogP contribution in [0.3, 0.4) is 0 Å². The van der Waals surface area contributed by atoms with E-state index in [9.17, 15) is 4.79 Å². The third-order valence-corrected chi connectivity index (χ3v) is 2.40. The third-order valence-electron chi connectivity index (χ3n) is 2.40. The monoisotopic (exact) mass is 194 g/mol. The number of aryl methyl sites for hydroxylation is 1. The Morgan fingerprint density at radius 2 is 2.21 bits per heavy atom. The minimum atomic E-state index is -0.0289. The van der Waals surface area contributed by atoms with Gasteiger partial charge in [0.2, 0.25) is 0 Å². The molecule has 0 saturated carbocycles. The van der Waals surface area contributed by atoms with Gasteiger partial charge in [0.05, 0.1) is 0 Å². The smallest absolute Gasteiger partial charge is 0.251 e. The maximum absolute atomic E-state index is 11.3. The Morgan fingerprint density at radius 1 is 1.50 bits per heavy atom. The van der Waals surface area contributed by atoms with Gasteiger partial charge < -0.3 is 4.98 Å². The van der Waals surface area contributed by atoms with Crippen molar-refractivity contribution in [3.05, 3.63) is 27.9 Å². The molecule has 1 unspecified atom stereocenters. The summed E-state index contributed by atoms with van der Waals surface area (Å²) in [6.07, 6.45) is 2.91. The molecule has 0 aliphatic heterocycles. The molecule has 1 aromatic rings. The summed E-state index contributed by atoms with van der Waals surface area (Å²) in [5, 5.41) is 0. The number of aromatic amines is 1. The van der Waals surface area contributed by atoms with Crippen LogP contribution in [-0.4, -0.2) is 9.97 Å². The van der Waals surface area contributed by atoms with E-state index in [0.29, 0.717) is 5.92 Å². The topological polar surface area (TPSA) is 45.8 Å². The zero-order valence-corrected chi connectivity index (χ0v) is 9.13. The van der Waals surface area contributed by atoms with Gasteiger partial charge in [-0.3, -0.25) is 4.79 Å². The Morgan fingerprint density at radius 3 is 2.79 bits per heavy atom. The van der Waals surface area contributed by atoms with Crippen LogP contribution < -0.4 is 5.56 Å².